The SMILES string of the molecule is Cc1ccc2c(CCN=C(N)NC(C)(C)C)c[nH]c2c1. The van der Waals surface area contributed by atoms with Crippen molar-refractivity contribution in [3.8, 4) is 0 Å². The van der Waals surface area contributed by atoms with Crippen LogP contribution >= 0.6 is 0 Å². The van der Waals surface area contributed by atoms with E-state index < -0.39 is 0 Å². The van der Waals surface area contributed by atoms with Crippen LogP contribution in [0, 0.1) is 6.92 Å². The van der Waals surface area contributed by atoms with Crippen LogP contribution in [-0.4, -0.2) is 23.0 Å². The number of hydrogen-bond donors (Lipinski definition) is 3. The average Bonchev–Trinajstić information content (AvgIpc) is 2.69. The van der Waals surface area contributed by atoms with E-state index in [0.717, 1.165) is 6.42 Å². The molecule has 2 aromatic rings. The molecule has 0 fully saturated rings. The van der Waals surface area contributed by atoms with Crippen molar-refractivity contribution in [2.45, 2.75) is 39.7 Å². The molecule has 4 N–H and O–H groups in total. The molecule has 0 aliphatic carbocycles. The van der Waals surface area contributed by atoms with Gasteiger partial charge in [0.15, 0.2) is 5.96 Å². The van der Waals surface area contributed by atoms with Crippen molar-refractivity contribution in [1.82, 2.24) is 10.3 Å². The van der Waals surface area contributed by atoms with Crippen LogP contribution in [0.2, 0.25) is 0 Å². The van der Waals surface area contributed by atoms with Crippen LogP contribution in [0.15, 0.2) is 29.4 Å². The molecule has 0 amide bonds. The quantitative estimate of drug-likeness (QED) is 0.594. The van der Waals surface area contributed by atoms with Crippen molar-refractivity contribution in [2.24, 2.45) is 10.7 Å². The largest absolute Gasteiger partial charge is 0.370 e. The molecule has 1 aromatic heterocycles. The van der Waals surface area contributed by atoms with Gasteiger partial charge >= 0.3 is 0 Å². The highest BCUT2D eigenvalue weighted by atomic mass is 15.1. The van der Waals surface area contributed by atoms with Gasteiger partial charge in [0.25, 0.3) is 0 Å². The molecule has 2 rings (SSSR count). The number of rotatable bonds is 3. The van der Waals surface area contributed by atoms with Gasteiger partial charge in [0.05, 0.1) is 0 Å². The fraction of sp³-hybridized carbons (Fsp3) is 0.438. The van der Waals surface area contributed by atoms with E-state index in [2.05, 4.69) is 67.4 Å². The molecule has 0 saturated heterocycles. The molecular formula is C16H24N4. The van der Waals surface area contributed by atoms with Crippen LogP contribution in [0.1, 0.15) is 31.9 Å². The van der Waals surface area contributed by atoms with Crippen molar-refractivity contribution in [1.29, 1.82) is 0 Å². The Labute approximate surface area is 120 Å². The number of nitrogens with zero attached hydrogens (tertiary/aromatic N) is 1. The van der Waals surface area contributed by atoms with Gasteiger partial charge in [-0.15, -0.1) is 0 Å². The van der Waals surface area contributed by atoms with E-state index in [0.29, 0.717) is 12.5 Å². The summed E-state index contributed by atoms with van der Waals surface area (Å²) in [5, 5.41) is 4.44. The highest BCUT2D eigenvalue weighted by Crippen LogP contribution is 2.19. The van der Waals surface area contributed by atoms with Crippen molar-refractivity contribution < 1.29 is 0 Å². The lowest BCUT2D eigenvalue weighted by Gasteiger charge is -2.20. The van der Waals surface area contributed by atoms with Gasteiger partial charge in [0.2, 0.25) is 0 Å². The second kappa shape index (κ2) is 5.57. The Morgan fingerprint density at radius 2 is 2.10 bits per heavy atom. The van der Waals surface area contributed by atoms with Crippen molar-refractivity contribution in [3.63, 3.8) is 0 Å². The Bertz CT molecular complexity index is 617. The minimum Gasteiger partial charge on any atom is -0.370 e. The molecule has 108 valence electrons. The Morgan fingerprint density at radius 3 is 2.80 bits per heavy atom. The molecule has 0 radical (unpaired) electrons. The van der Waals surface area contributed by atoms with E-state index in [1.165, 1.54) is 22.0 Å². The maximum Gasteiger partial charge on any atom is 0.188 e. The number of hydrogen-bond acceptors (Lipinski definition) is 1. The minimum atomic E-state index is -0.0497. The van der Waals surface area contributed by atoms with Crippen molar-refractivity contribution in [2.75, 3.05) is 6.54 Å². The maximum atomic E-state index is 5.86. The molecule has 1 aromatic carbocycles. The monoisotopic (exact) mass is 272 g/mol. The highest BCUT2D eigenvalue weighted by Gasteiger charge is 2.09. The Kier molecular flexibility index (Phi) is 4.02. The van der Waals surface area contributed by atoms with Crippen LogP contribution in [-0.2, 0) is 6.42 Å². The van der Waals surface area contributed by atoms with Gasteiger partial charge in [-0.1, -0.05) is 12.1 Å². The smallest absolute Gasteiger partial charge is 0.188 e. The zero-order valence-electron chi connectivity index (χ0n) is 12.7. The zero-order chi connectivity index (χ0) is 14.8. The summed E-state index contributed by atoms with van der Waals surface area (Å²) >= 11 is 0. The molecule has 0 bridgehead atoms. The molecule has 1 heterocycles. The number of nitrogens with one attached hydrogen (secondary N) is 2. The summed E-state index contributed by atoms with van der Waals surface area (Å²) in [6, 6.07) is 6.47. The summed E-state index contributed by atoms with van der Waals surface area (Å²) in [5.41, 5.74) is 9.55. The van der Waals surface area contributed by atoms with Crippen LogP contribution in [0.25, 0.3) is 10.9 Å². The van der Waals surface area contributed by atoms with E-state index in [1.807, 2.05) is 0 Å². The highest BCUT2D eigenvalue weighted by molar-refractivity contribution is 5.84. The van der Waals surface area contributed by atoms with Gasteiger partial charge in [0.1, 0.15) is 0 Å². The Morgan fingerprint density at radius 1 is 1.35 bits per heavy atom. The summed E-state index contributed by atoms with van der Waals surface area (Å²) in [6.07, 6.45) is 2.95. The molecule has 0 aliphatic heterocycles. The third kappa shape index (κ3) is 3.76. The minimum absolute atomic E-state index is 0.0497. The first-order chi connectivity index (χ1) is 9.35. The van der Waals surface area contributed by atoms with Crippen molar-refractivity contribution >= 4 is 16.9 Å². The molecular weight excluding hydrogens is 248 g/mol. The lowest BCUT2D eigenvalue weighted by atomic mass is 10.1. The molecule has 0 saturated carbocycles. The van der Waals surface area contributed by atoms with Crippen LogP contribution in [0.3, 0.4) is 0 Å². The Balaban J connectivity index is 2.01. The molecule has 0 spiro atoms. The van der Waals surface area contributed by atoms with Gasteiger partial charge in [-0.05, 0) is 51.3 Å². The van der Waals surface area contributed by atoms with E-state index >= 15 is 0 Å². The number of guanidine groups is 1. The number of fused-ring (bicyclic) bond motifs is 1. The Hall–Kier alpha value is -1.97. The summed E-state index contributed by atoms with van der Waals surface area (Å²) < 4.78 is 0. The van der Waals surface area contributed by atoms with Gasteiger partial charge in [0, 0.05) is 29.2 Å². The van der Waals surface area contributed by atoms with Crippen LogP contribution < -0.4 is 11.1 Å². The first-order valence-corrected chi connectivity index (χ1v) is 7.00. The predicted octanol–water partition coefficient (Wildman–Crippen LogP) is 2.72. The summed E-state index contributed by atoms with van der Waals surface area (Å²) in [5.74, 6) is 0.508. The van der Waals surface area contributed by atoms with Gasteiger partial charge in [-0.25, -0.2) is 0 Å². The number of aromatic nitrogens is 1. The summed E-state index contributed by atoms with van der Waals surface area (Å²) in [6.45, 7) is 8.99. The molecule has 4 heteroatoms. The van der Waals surface area contributed by atoms with Gasteiger partial charge < -0.3 is 16.0 Å². The molecule has 0 atom stereocenters. The zero-order valence-corrected chi connectivity index (χ0v) is 12.7. The third-order valence-electron chi connectivity index (χ3n) is 3.09. The third-order valence-corrected chi connectivity index (χ3v) is 3.09. The number of nitrogens with two attached hydrogens (primary N) is 1. The number of aliphatic imine (C=N–C) groups is 1. The average molecular weight is 272 g/mol. The van der Waals surface area contributed by atoms with E-state index in [4.69, 9.17) is 5.73 Å². The van der Waals surface area contributed by atoms with E-state index in [1.54, 1.807) is 0 Å². The second-order valence-electron chi connectivity index (χ2n) is 6.25. The maximum absolute atomic E-state index is 5.86. The lowest BCUT2D eigenvalue weighted by Crippen LogP contribution is -2.45. The predicted molar refractivity (Wildman–Crippen MR) is 86.1 cm³/mol. The summed E-state index contributed by atoms with van der Waals surface area (Å²) in [7, 11) is 0. The molecule has 0 aliphatic rings. The molecule has 4 nitrogen and oxygen atoms in total. The topological polar surface area (TPSA) is 66.2 Å². The lowest BCUT2D eigenvalue weighted by molar-refractivity contribution is 0.508. The van der Waals surface area contributed by atoms with Crippen LogP contribution in [0.5, 0.6) is 0 Å². The second-order valence-corrected chi connectivity index (χ2v) is 6.25. The normalized spacial score (nSPS) is 12.9. The van der Waals surface area contributed by atoms with Gasteiger partial charge in [-0.3, -0.25) is 4.99 Å². The first kappa shape index (κ1) is 14.4. The first-order valence-electron chi connectivity index (χ1n) is 7.00. The fourth-order valence-electron chi connectivity index (χ4n) is 2.23. The molecule has 0 unspecified atom stereocenters. The van der Waals surface area contributed by atoms with Crippen molar-refractivity contribution in [3.05, 3.63) is 35.5 Å². The number of H-pyrrole nitrogens is 1. The van der Waals surface area contributed by atoms with Gasteiger partial charge in [-0.2, -0.15) is 0 Å². The van der Waals surface area contributed by atoms with E-state index in [-0.39, 0.29) is 5.54 Å². The number of aromatic amines is 1. The standard InChI is InChI=1S/C16H24N4/c1-11-5-6-13-12(10-19-14(13)9-11)7-8-18-15(17)20-16(2,3)4/h5-6,9-10,19H,7-8H2,1-4H3,(H3,17,18,20). The number of benzene rings is 1. The summed E-state index contributed by atoms with van der Waals surface area (Å²) in [4.78, 5) is 7.69. The van der Waals surface area contributed by atoms with Crippen LogP contribution in [0.4, 0.5) is 0 Å². The number of aryl methyl sites for hydroxylation is 1. The molecule has 20 heavy (non-hydrogen) atoms. The van der Waals surface area contributed by atoms with E-state index in [9.17, 15) is 0 Å². The fourth-order valence-corrected chi connectivity index (χ4v) is 2.23.